The first-order chi connectivity index (χ1) is 9.65. The fraction of sp³-hybridized carbons (Fsp3) is 0. The number of aromatic nitrogens is 1. The van der Waals surface area contributed by atoms with Crippen molar-refractivity contribution in [3.63, 3.8) is 0 Å². The monoisotopic (exact) mass is 264 g/mol. The lowest BCUT2D eigenvalue weighted by Crippen LogP contribution is -2.23. The highest BCUT2D eigenvalue weighted by molar-refractivity contribution is 5.93. The topological polar surface area (TPSA) is 76.0 Å². The molecule has 0 spiro atoms. The van der Waals surface area contributed by atoms with Crippen molar-refractivity contribution in [2.24, 2.45) is 5.73 Å². The van der Waals surface area contributed by atoms with Gasteiger partial charge in [-0.2, -0.15) is 0 Å². The molecule has 0 aliphatic rings. The molecular weight excluding hydrogens is 252 g/mol. The number of aromatic amines is 1. The normalized spacial score (nSPS) is 10.6. The average molecular weight is 264 g/mol. The molecule has 20 heavy (non-hydrogen) atoms. The Balaban J connectivity index is 2.13. The van der Waals surface area contributed by atoms with Crippen molar-refractivity contribution in [1.29, 1.82) is 0 Å². The summed E-state index contributed by atoms with van der Waals surface area (Å²) in [4.78, 5) is 25.5. The van der Waals surface area contributed by atoms with Gasteiger partial charge in [0, 0.05) is 5.69 Å². The first-order valence-electron chi connectivity index (χ1n) is 6.17. The number of H-pyrrole nitrogens is 1. The average Bonchev–Trinajstić information content (AvgIpc) is 2.46. The number of hydrogen-bond acceptors (Lipinski definition) is 2. The third-order valence-electron chi connectivity index (χ3n) is 3.24. The Morgan fingerprint density at radius 2 is 1.70 bits per heavy atom. The third kappa shape index (κ3) is 2.07. The van der Waals surface area contributed by atoms with Crippen LogP contribution in [-0.4, -0.2) is 10.9 Å². The molecule has 3 aromatic rings. The van der Waals surface area contributed by atoms with Gasteiger partial charge in [0.2, 0.25) is 0 Å². The summed E-state index contributed by atoms with van der Waals surface area (Å²) in [6.07, 6.45) is 0. The van der Waals surface area contributed by atoms with E-state index in [1.165, 1.54) is 6.07 Å². The summed E-state index contributed by atoms with van der Waals surface area (Å²) in [5, 5.41) is 2.22. The summed E-state index contributed by atoms with van der Waals surface area (Å²) < 4.78 is 0. The second-order valence-corrected chi connectivity index (χ2v) is 4.54. The maximum Gasteiger partial charge on any atom is 0.261 e. The molecule has 0 aliphatic carbocycles. The minimum Gasteiger partial charge on any atom is -0.365 e. The zero-order chi connectivity index (χ0) is 14.1. The molecule has 0 bridgehead atoms. The van der Waals surface area contributed by atoms with Gasteiger partial charge in [-0.1, -0.05) is 36.4 Å². The molecular formula is C16H12N2O2. The molecule has 0 aliphatic heterocycles. The Bertz CT molecular complexity index is 865. The number of nitrogens with two attached hydrogens (primary N) is 1. The Morgan fingerprint density at radius 1 is 0.950 bits per heavy atom. The van der Waals surface area contributed by atoms with Gasteiger partial charge in [0.25, 0.3) is 11.5 Å². The molecule has 1 amide bonds. The number of hydrogen-bond donors (Lipinski definition) is 2. The Morgan fingerprint density at radius 3 is 2.40 bits per heavy atom. The Kier molecular flexibility index (Phi) is 2.84. The zero-order valence-electron chi connectivity index (χ0n) is 10.6. The largest absolute Gasteiger partial charge is 0.365 e. The minimum absolute atomic E-state index is 0.0328. The number of pyridine rings is 1. The molecule has 3 N–H and O–H groups in total. The standard InChI is InChI=1S/C16H12N2O2/c17-15(19)13-7-8-14(18-16(13)20)12-6-5-10-3-1-2-4-11(10)9-12/h1-9H,(H2,17,19)(H,18,20). The van der Waals surface area contributed by atoms with Crippen molar-refractivity contribution < 1.29 is 4.79 Å². The van der Waals surface area contributed by atoms with E-state index in [9.17, 15) is 9.59 Å². The highest BCUT2D eigenvalue weighted by atomic mass is 16.2. The molecule has 0 atom stereocenters. The molecule has 4 nitrogen and oxygen atoms in total. The first-order valence-corrected chi connectivity index (χ1v) is 6.17. The van der Waals surface area contributed by atoms with Gasteiger partial charge in [-0.25, -0.2) is 0 Å². The molecule has 2 aromatic carbocycles. The van der Waals surface area contributed by atoms with Gasteiger partial charge >= 0.3 is 0 Å². The van der Waals surface area contributed by atoms with Crippen molar-refractivity contribution in [1.82, 2.24) is 4.98 Å². The van der Waals surface area contributed by atoms with Crippen molar-refractivity contribution in [3.8, 4) is 11.3 Å². The number of carbonyl (C=O) groups excluding carboxylic acids is 1. The zero-order valence-corrected chi connectivity index (χ0v) is 10.6. The molecule has 98 valence electrons. The fourth-order valence-electron chi connectivity index (χ4n) is 2.19. The van der Waals surface area contributed by atoms with Gasteiger partial charge in [0.1, 0.15) is 5.56 Å². The maximum atomic E-state index is 11.8. The van der Waals surface area contributed by atoms with E-state index in [0.717, 1.165) is 16.3 Å². The SMILES string of the molecule is NC(=O)c1ccc(-c2ccc3ccccc3c2)[nH]c1=O. The Hall–Kier alpha value is -2.88. The lowest BCUT2D eigenvalue weighted by atomic mass is 10.0. The summed E-state index contributed by atoms with van der Waals surface area (Å²) in [5.41, 5.74) is 6.16. The van der Waals surface area contributed by atoms with Gasteiger partial charge in [0.15, 0.2) is 0 Å². The summed E-state index contributed by atoms with van der Waals surface area (Å²) in [6.45, 7) is 0. The number of rotatable bonds is 2. The van der Waals surface area contributed by atoms with E-state index < -0.39 is 11.5 Å². The quantitative estimate of drug-likeness (QED) is 0.745. The van der Waals surface area contributed by atoms with Crippen LogP contribution in [-0.2, 0) is 0 Å². The van der Waals surface area contributed by atoms with Crippen LogP contribution < -0.4 is 11.3 Å². The van der Waals surface area contributed by atoms with Crippen LogP contribution in [0.1, 0.15) is 10.4 Å². The van der Waals surface area contributed by atoms with E-state index in [0.29, 0.717) is 5.69 Å². The van der Waals surface area contributed by atoms with E-state index in [1.54, 1.807) is 6.07 Å². The number of benzene rings is 2. The van der Waals surface area contributed by atoms with E-state index in [2.05, 4.69) is 4.98 Å². The van der Waals surface area contributed by atoms with Crippen LogP contribution >= 0.6 is 0 Å². The predicted molar refractivity (Wildman–Crippen MR) is 78.5 cm³/mol. The molecule has 0 radical (unpaired) electrons. The maximum absolute atomic E-state index is 11.8. The highest BCUT2D eigenvalue weighted by Crippen LogP contribution is 2.22. The number of fused-ring (bicyclic) bond motifs is 1. The van der Waals surface area contributed by atoms with Crippen molar-refractivity contribution in [2.45, 2.75) is 0 Å². The first kappa shape index (κ1) is 12.2. The molecule has 1 heterocycles. The van der Waals surface area contributed by atoms with Crippen molar-refractivity contribution in [2.75, 3.05) is 0 Å². The molecule has 3 rings (SSSR count). The van der Waals surface area contributed by atoms with Gasteiger partial charge in [-0.3, -0.25) is 9.59 Å². The van der Waals surface area contributed by atoms with Crippen LogP contribution in [0.25, 0.3) is 22.0 Å². The summed E-state index contributed by atoms with van der Waals surface area (Å²) in [7, 11) is 0. The van der Waals surface area contributed by atoms with Crippen LogP contribution in [0.3, 0.4) is 0 Å². The second-order valence-electron chi connectivity index (χ2n) is 4.54. The number of carbonyl (C=O) groups is 1. The van der Waals surface area contributed by atoms with E-state index in [-0.39, 0.29) is 5.56 Å². The predicted octanol–water partition coefficient (Wildman–Crippen LogP) is 2.29. The van der Waals surface area contributed by atoms with Crippen LogP contribution in [0, 0.1) is 0 Å². The molecule has 1 aromatic heterocycles. The molecule has 0 unspecified atom stereocenters. The summed E-state index contributed by atoms with van der Waals surface area (Å²) in [6, 6.07) is 17.0. The van der Waals surface area contributed by atoms with Gasteiger partial charge < -0.3 is 10.7 Å². The second kappa shape index (κ2) is 4.66. The minimum atomic E-state index is -0.726. The molecule has 0 saturated carbocycles. The van der Waals surface area contributed by atoms with Crippen LogP contribution in [0.5, 0.6) is 0 Å². The number of amides is 1. The molecule has 0 saturated heterocycles. The highest BCUT2D eigenvalue weighted by Gasteiger charge is 2.07. The Labute approximate surface area is 114 Å². The third-order valence-corrected chi connectivity index (χ3v) is 3.24. The molecule has 0 fully saturated rings. The number of nitrogens with one attached hydrogen (secondary N) is 1. The van der Waals surface area contributed by atoms with Crippen LogP contribution in [0.4, 0.5) is 0 Å². The van der Waals surface area contributed by atoms with E-state index >= 15 is 0 Å². The van der Waals surface area contributed by atoms with Gasteiger partial charge in [-0.15, -0.1) is 0 Å². The van der Waals surface area contributed by atoms with Crippen LogP contribution in [0.15, 0.2) is 59.4 Å². The van der Waals surface area contributed by atoms with E-state index in [1.807, 2.05) is 42.5 Å². The van der Waals surface area contributed by atoms with Crippen molar-refractivity contribution in [3.05, 3.63) is 70.5 Å². The molecule has 4 heteroatoms. The lowest BCUT2D eigenvalue weighted by molar-refractivity contribution is 0.0999. The van der Waals surface area contributed by atoms with Gasteiger partial charge in [-0.05, 0) is 34.5 Å². The smallest absolute Gasteiger partial charge is 0.261 e. The fourth-order valence-corrected chi connectivity index (χ4v) is 2.19. The van der Waals surface area contributed by atoms with Gasteiger partial charge in [0.05, 0.1) is 0 Å². The summed E-state index contributed by atoms with van der Waals surface area (Å²) in [5.74, 6) is -0.726. The number of primary amides is 1. The van der Waals surface area contributed by atoms with Crippen LogP contribution in [0.2, 0.25) is 0 Å². The lowest BCUT2D eigenvalue weighted by Gasteiger charge is -2.04. The van der Waals surface area contributed by atoms with Crippen molar-refractivity contribution >= 4 is 16.7 Å². The van der Waals surface area contributed by atoms with E-state index in [4.69, 9.17) is 5.73 Å². The summed E-state index contributed by atoms with van der Waals surface area (Å²) >= 11 is 0.